The fourth-order valence-electron chi connectivity index (χ4n) is 23.3. The summed E-state index contributed by atoms with van der Waals surface area (Å²) < 4.78 is 1.78. The summed E-state index contributed by atoms with van der Waals surface area (Å²) in [5.74, 6) is -0.594. The maximum Gasteiger partial charge on any atom is 0.327 e. The van der Waals surface area contributed by atoms with Crippen molar-refractivity contribution in [1.29, 1.82) is 0 Å². The SMILES string of the molecule is C.C.C.C.C.CC1CCC(C2(C)C(=O)N(CC(=O)c3ccccc3)C(=O)N2C)C1.CC1CCC(C2(C)C(=O)N(CC(=O)c3ccccc3)C(=O)N2C)CC1.CN1C(=O)N(CC(=O)c2ccccc2)C(=O)C1(C)C1CC=CCC1.CN1C(=O)N(CC(=O)c2ccccc2)C(=O)C1(C)CC1CCCC1.CN1C(=O)N(CC(=O)c2cccnc2)C(=O)C1(C)C1C=CCCC1.CN1C(=O)N(CC(=O)c2ccn(C)c2)C(=O)C1(C)C1CCCCC1. The minimum Gasteiger partial charge on any atom is -0.357 e. The third-order valence-corrected chi connectivity index (χ3v) is 33.7. The Labute approximate surface area is 887 Å². The predicted molar refractivity (Wildman–Crippen MR) is 578 cm³/mol. The van der Waals surface area contributed by atoms with Gasteiger partial charge in [-0.1, -0.05) is 261 Å². The second-order valence-electron chi connectivity index (χ2n) is 42.4. The van der Waals surface area contributed by atoms with Crippen LogP contribution in [0.4, 0.5) is 28.8 Å². The molecule has 18 amide bonds. The van der Waals surface area contributed by atoms with E-state index in [1.165, 1.54) is 45.1 Å². The van der Waals surface area contributed by atoms with Gasteiger partial charge in [-0.05, 0) is 185 Å². The van der Waals surface area contributed by atoms with E-state index in [-0.39, 0.29) is 206 Å². The van der Waals surface area contributed by atoms with Gasteiger partial charge in [0.2, 0.25) is 0 Å². The Morgan fingerprint density at radius 1 is 0.307 bits per heavy atom. The number of imide groups is 6. The van der Waals surface area contributed by atoms with Crippen LogP contribution in [0.2, 0.25) is 0 Å². The Kier molecular flexibility index (Phi) is 41.6. The number of likely N-dealkylation sites (N-methyl/N-ethyl adjacent to an activating group) is 6. The van der Waals surface area contributed by atoms with Crippen molar-refractivity contribution in [1.82, 2.24) is 68.3 Å². The van der Waals surface area contributed by atoms with Crippen LogP contribution in [0, 0.1) is 47.3 Å². The molecule has 0 bridgehead atoms. The third-order valence-electron chi connectivity index (χ3n) is 33.7. The molecule has 6 aliphatic carbocycles. The van der Waals surface area contributed by atoms with Gasteiger partial charge in [0.1, 0.15) is 33.2 Å². The van der Waals surface area contributed by atoms with E-state index in [4.69, 9.17) is 0 Å². The Balaban J connectivity index is 0.000000218. The first-order valence-corrected chi connectivity index (χ1v) is 51.2. The number of pyridine rings is 1. The highest BCUT2D eigenvalue weighted by Crippen LogP contribution is 2.49. The van der Waals surface area contributed by atoms with Gasteiger partial charge in [0, 0.05) is 113 Å². The molecule has 2 aromatic heterocycles. The van der Waals surface area contributed by atoms with Gasteiger partial charge < -0.3 is 34.0 Å². The fourth-order valence-corrected chi connectivity index (χ4v) is 23.3. The summed E-state index contributed by atoms with van der Waals surface area (Å²) in [5, 5.41) is 0. The highest BCUT2D eigenvalue weighted by molar-refractivity contribution is 6.16. The number of Topliss-reactive ketones (excluding diaryl/α,β-unsaturated/α-hetero) is 6. The van der Waals surface area contributed by atoms with E-state index in [0.29, 0.717) is 57.6 Å². The Bertz CT molecular complexity index is 5920. The summed E-state index contributed by atoms with van der Waals surface area (Å²) in [7, 11) is 11.8. The Morgan fingerprint density at radius 2 is 0.640 bits per heavy atom. The number of aryl methyl sites for hydroxylation is 1. The summed E-state index contributed by atoms with van der Waals surface area (Å²) in [5.41, 5.74) is -2.15. The van der Waals surface area contributed by atoms with E-state index in [2.05, 4.69) is 37.1 Å². The van der Waals surface area contributed by atoms with Crippen LogP contribution in [0.5, 0.6) is 0 Å². The molecule has 10 unspecified atom stereocenters. The summed E-state index contributed by atoms with van der Waals surface area (Å²) in [6.07, 6.45) is 37.8. The number of aromatic nitrogens is 2. The Morgan fingerprint density at radius 3 is 0.993 bits per heavy atom. The summed E-state index contributed by atoms with van der Waals surface area (Å²) in [4.78, 5) is 248. The zero-order valence-electron chi connectivity index (χ0n) is 86.6. The zero-order valence-corrected chi connectivity index (χ0v) is 86.6. The second-order valence-corrected chi connectivity index (χ2v) is 42.4. The first-order valence-electron chi connectivity index (χ1n) is 51.2. The van der Waals surface area contributed by atoms with E-state index in [0.717, 1.165) is 151 Å². The van der Waals surface area contributed by atoms with E-state index < -0.39 is 39.3 Å². The lowest BCUT2D eigenvalue weighted by Crippen LogP contribution is -2.52. The number of hydrogen-bond acceptors (Lipinski definition) is 19. The van der Waals surface area contributed by atoms with E-state index in [1.54, 1.807) is 197 Å². The van der Waals surface area contributed by atoms with Crippen LogP contribution in [0.25, 0.3) is 0 Å². The maximum atomic E-state index is 13.1. The number of benzene rings is 4. The number of urea groups is 6. The monoisotopic (exact) mass is 2060 g/mol. The van der Waals surface area contributed by atoms with Crippen molar-refractivity contribution in [2.45, 2.75) is 273 Å². The van der Waals surface area contributed by atoms with Crippen LogP contribution < -0.4 is 0 Å². The molecule has 12 aliphatic rings. The van der Waals surface area contributed by atoms with Crippen molar-refractivity contribution < 1.29 is 86.3 Å². The van der Waals surface area contributed by atoms with Crippen LogP contribution in [0.15, 0.2) is 189 Å². The van der Waals surface area contributed by atoms with Crippen LogP contribution in [-0.4, -0.2) is 289 Å². The number of carbonyl (C=O) groups excluding carboxylic acids is 18. The summed E-state index contributed by atoms with van der Waals surface area (Å²) in [6, 6.07) is 37.8. The molecule has 32 nitrogen and oxygen atoms in total. The van der Waals surface area contributed by atoms with E-state index in [9.17, 15) is 86.3 Å². The number of nitrogens with zero attached hydrogens (tertiary/aromatic N) is 14. The molecule has 10 fully saturated rings. The van der Waals surface area contributed by atoms with Crippen molar-refractivity contribution in [2.75, 3.05) is 81.6 Å². The van der Waals surface area contributed by atoms with Gasteiger partial charge in [-0.15, -0.1) is 0 Å². The van der Waals surface area contributed by atoms with Crippen molar-refractivity contribution in [3.63, 3.8) is 0 Å². The lowest BCUT2D eigenvalue weighted by Gasteiger charge is -2.40. The molecule has 6 saturated heterocycles. The molecule has 4 aromatic carbocycles. The zero-order chi connectivity index (χ0) is 105. The molecule has 0 spiro atoms. The smallest absolute Gasteiger partial charge is 0.327 e. The molecule has 150 heavy (non-hydrogen) atoms. The minimum atomic E-state index is -0.927. The first kappa shape index (κ1) is 122. The third kappa shape index (κ3) is 24.5. The van der Waals surface area contributed by atoms with Crippen LogP contribution in [-0.2, 0) is 35.8 Å². The van der Waals surface area contributed by atoms with E-state index in [1.807, 2.05) is 72.0 Å². The van der Waals surface area contributed by atoms with Crippen molar-refractivity contribution >= 4 is 106 Å². The molecule has 0 radical (unpaired) electrons. The molecule has 8 heterocycles. The summed E-state index contributed by atoms with van der Waals surface area (Å²) >= 11 is 0. The summed E-state index contributed by atoms with van der Waals surface area (Å²) in [6.45, 7) is 14.2. The van der Waals surface area contributed by atoms with Crippen molar-refractivity contribution in [2.24, 2.45) is 54.4 Å². The second kappa shape index (κ2) is 51.3. The number of amides is 18. The normalized spacial score (nSPS) is 26.6. The van der Waals surface area contributed by atoms with Crippen molar-refractivity contribution in [3.05, 3.63) is 222 Å². The molecule has 6 aliphatic heterocycles. The lowest BCUT2D eigenvalue weighted by atomic mass is 9.72. The highest BCUT2D eigenvalue weighted by Gasteiger charge is 2.63. The highest BCUT2D eigenvalue weighted by atomic mass is 16.2. The standard InChI is InChI=1S/C20H26N2O3.C19H24N2O3.C19H22N2O3.C19H24N2O3.C18H25N3O3.C18H21N3O3.5CH4/c1-14-9-11-16(12-10-14)20(2)18(24)22(19(25)21(20)3)13-17(23)15-7-5-4-6-8-15;1-13-9-10-15(11-13)19(2)17(23)21(18(24)20(19)3)12-16(22)14-7-5-4-6-8-14;1-19(15-11-7-4-8-12-15)17(23)21(18(24)20(19)2)13-16(22)14-9-5-3-6-10-14;1-19(12-14-8-6-7-9-14)17(23)21(18(24)20(19)2)13-16(22)15-10-4-3-5-11-15;1-18(14-7-5-4-6-8-14)16(23)21(17(24)20(18)3)12-15(22)13-9-10-19(2)11-13;1-18(14-8-4-3-5-9-14)16(23)21(17(24)20(18)2)12-15(22)13-7-6-10-19-11-13;;;;;/h4-8,14,16H,9-13H2,1-3H3;4-8,13,15H,9-12H2,1-3H3;3-7,9-10,15H,8,11-13H2,1-2H3;3-5,10-11,14H,6-9,12-13H2,1-2H3;9-11,14H,4-8,12H2,1-3H3;4,6-8,10-11,14H,3,5,9,12H2,1-2H3;5*1H4. The first-order chi connectivity index (χ1) is 68.9. The Hall–Kier alpha value is -13.6. The largest absolute Gasteiger partial charge is 0.357 e. The molecule has 6 aromatic rings. The van der Waals surface area contributed by atoms with Crippen LogP contribution in [0.3, 0.4) is 0 Å². The quantitative estimate of drug-likeness (QED) is 0.0292. The number of rotatable bonds is 25. The molecule has 18 rings (SSSR count). The van der Waals surface area contributed by atoms with Gasteiger partial charge in [-0.25, -0.2) is 28.8 Å². The topological polar surface area (TPSA) is 364 Å². The van der Waals surface area contributed by atoms with Crippen molar-refractivity contribution in [3.8, 4) is 0 Å². The molecule has 4 saturated carbocycles. The van der Waals surface area contributed by atoms with Gasteiger partial charge in [-0.3, -0.25) is 91.9 Å². The molecule has 10 atom stereocenters. The predicted octanol–water partition coefficient (Wildman–Crippen LogP) is 20.2. The van der Waals surface area contributed by atoms with Crippen LogP contribution in [0.1, 0.15) is 302 Å². The molecule has 812 valence electrons. The molecule has 0 N–H and O–H groups in total. The van der Waals surface area contributed by atoms with Gasteiger partial charge in [0.15, 0.2) is 34.7 Å². The fraction of sp³-hybridized carbons (Fsp3) is 0.534. The number of hydrogen-bond donors (Lipinski definition) is 0. The molecular weight excluding hydrogens is 1900 g/mol. The number of allylic oxidation sites excluding steroid dienone is 3. The van der Waals surface area contributed by atoms with Gasteiger partial charge >= 0.3 is 36.2 Å². The molecule has 32 heteroatoms. The number of ketones is 6. The van der Waals surface area contributed by atoms with Crippen LogP contribution >= 0.6 is 0 Å². The average molecular weight is 2060 g/mol. The molecular formula is C118H162N14O18. The van der Waals surface area contributed by atoms with Gasteiger partial charge in [-0.2, -0.15) is 0 Å². The maximum absolute atomic E-state index is 13.1. The number of carbonyl (C=O) groups is 18. The van der Waals surface area contributed by atoms with Gasteiger partial charge in [0.25, 0.3) is 35.4 Å². The minimum absolute atomic E-state index is 0. The van der Waals surface area contributed by atoms with E-state index >= 15 is 0 Å². The average Bonchev–Trinajstić information content (AvgIpc) is 1.60. The lowest BCUT2D eigenvalue weighted by molar-refractivity contribution is -0.135. The van der Waals surface area contributed by atoms with Gasteiger partial charge in [0.05, 0.1) is 39.3 Å².